The molecule has 0 rings (SSSR count). The summed E-state index contributed by atoms with van der Waals surface area (Å²) < 4.78 is 39.9. The topological polar surface area (TPSA) is 0 Å². The van der Waals surface area contributed by atoms with E-state index < -0.39 is 17.1 Å². The predicted molar refractivity (Wildman–Crippen MR) is 65.1 cm³/mol. The smallest absolute Gasteiger partial charge is 0.314 e. The average molecular weight is 256 g/mol. The Kier molecular flexibility index (Phi) is 6.83. The molecule has 0 saturated heterocycles. The van der Waals surface area contributed by atoms with Gasteiger partial charge in [0.2, 0.25) is 8.41 Å². The zero-order valence-electron chi connectivity index (χ0n) is 10.1. The molecule has 0 nitrogen and oxygen atoms in total. The standard InChI is InChI=1S/C10H23F3Si2/c1-4-14(11,5-2)9-7-8-10-15(12,13)6-3/h4-10H2,1-3H3. The van der Waals surface area contributed by atoms with E-state index >= 15 is 0 Å². The third-order valence-corrected chi connectivity index (χ3v) is 9.11. The summed E-state index contributed by atoms with van der Waals surface area (Å²) in [5, 5.41) is 0. The molecule has 0 saturated carbocycles. The van der Waals surface area contributed by atoms with Crippen molar-refractivity contribution in [3.8, 4) is 0 Å². The largest absolute Gasteiger partial charge is 0.424 e. The van der Waals surface area contributed by atoms with Crippen molar-refractivity contribution in [2.45, 2.75) is 63.8 Å². The van der Waals surface area contributed by atoms with Crippen LogP contribution in [0.2, 0.25) is 30.2 Å². The minimum Gasteiger partial charge on any atom is -0.314 e. The van der Waals surface area contributed by atoms with Crippen LogP contribution in [0.25, 0.3) is 0 Å². The summed E-state index contributed by atoms with van der Waals surface area (Å²) in [6.07, 6.45) is 1.18. The maximum Gasteiger partial charge on any atom is 0.424 e. The van der Waals surface area contributed by atoms with Crippen molar-refractivity contribution in [1.29, 1.82) is 0 Å². The number of rotatable bonds is 8. The van der Waals surface area contributed by atoms with Gasteiger partial charge in [-0.25, -0.2) is 0 Å². The van der Waals surface area contributed by atoms with Gasteiger partial charge in [-0.05, 0) is 30.2 Å². The van der Waals surface area contributed by atoms with Crippen LogP contribution in [0.4, 0.5) is 12.3 Å². The van der Waals surface area contributed by atoms with Gasteiger partial charge < -0.3 is 4.11 Å². The highest BCUT2D eigenvalue weighted by molar-refractivity contribution is 6.73. The van der Waals surface area contributed by atoms with Crippen molar-refractivity contribution < 1.29 is 12.3 Å². The van der Waals surface area contributed by atoms with Crippen LogP contribution in [0, 0.1) is 0 Å². The fourth-order valence-corrected chi connectivity index (χ4v) is 4.82. The van der Waals surface area contributed by atoms with Gasteiger partial charge in [0, 0.05) is 0 Å². The predicted octanol–water partition coefficient (Wildman–Crippen LogP) is 5.12. The van der Waals surface area contributed by atoms with E-state index in [0.29, 0.717) is 31.0 Å². The van der Waals surface area contributed by atoms with E-state index in [1.165, 1.54) is 0 Å². The molecule has 0 heterocycles. The highest BCUT2D eigenvalue weighted by Gasteiger charge is 2.33. The summed E-state index contributed by atoms with van der Waals surface area (Å²) >= 11 is 0. The molecule has 0 unspecified atom stereocenters. The van der Waals surface area contributed by atoms with Crippen LogP contribution in [-0.2, 0) is 0 Å². The summed E-state index contributed by atoms with van der Waals surface area (Å²) in [4.78, 5) is 0. The van der Waals surface area contributed by atoms with Gasteiger partial charge in [0.1, 0.15) is 0 Å². The van der Waals surface area contributed by atoms with E-state index in [1.807, 2.05) is 13.8 Å². The van der Waals surface area contributed by atoms with Gasteiger partial charge in [0.25, 0.3) is 0 Å². The van der Waals surface area contributed by atoms with Gasteiger partial charge in [0.15, 0.2) is 0 Å². The fraction of sp³-hybridized carbons (Fsp3) is 1.00. The van der Waals surface area contributed by atoms with Crippen molar-refractivity contribution in [1.82, 2.24) is 0 Å². The molecule has 0 N–H and O–H groups in total. The monoisotopic (exact) mass is 256 g/mol. The third-order valence-electron chi connectivity index (χ3n) is 3.20. The Bertz CT molecular complexity index is 170. The van der Waals surface area contributed by atoms with Crippen LogP contribution >= 0.6 is 0 Å². The van der Waals surface area contributed by atoms with E-state index in [9.17, 15) is 12.3 Å². The van der Waals surface area contributed by atoms with Crippen LogP contribution in [0.3, 0.4) is 0 Å². The van der Waals surface area contributed by atoms with Crippen molar-refractivity contribution in [3.63, 3.8) is 0 Å². The van der Waals surface area contributed by atoms with Crippen LogP contribution < -0.4 is 0 Å². The Morgan fingerprint density at radius 1 is 0.733 bits per heavy atom. The maximum atomic E-state index is 13.9. The minimum atomic E-state index is -3.90. The zero-order chi connectivity index (χ0) is 11.9. The highest BCUT2D eigenvalue weighted by Crippen LogP contribution is 2.27. The van der Waals surface area contributed by atoms with Gasteiger partial charge in [-0.15, -0.1) is 0 Å². The number of halogens is 3. The van der Waals surface area contributed by atoms with Gasteiger partial charge in [-0.1, -0.05) is 33.6 Å². The SMILES string of the molecule is CC[Si](F)(F)CCCC[Si](F)(CC)CC. The lowest BCUT2D eigenvalue weighted by atomic mass is 10.4. The summed E-state index contributed by atoms with van der Waals surface area (Å²) in [6.45, 7) is 5.31. The second-order valence-electron chi connectivity index (χ2n) is 4.27. The molecule has 0 radical (unpaired) electrons. The molecule has 0 bridgehead atoms. The average Bonchev–Trinajstić information content (AvgIpc) is 2.24. The molecule has 0 spiro atoms. The Hall–Kier alpha value is 0.224. The molecule has 0 aromatic rings. The summed E-state index contributed by atoms with van der Waals surface area (Å²) in [5.74, 6) is 0. The lowest BCUT2D eigenvalue weighted by molar-refractivity contribution is 0.577. The molecule has 0 amide bonds. The molecule has 0 aliphatic carbocycles. The summed E-state index contributed by atoms with van der Waals surface area (Å²) in [6, 6.07) is 1.93. The number of hydrogen-bond acceptors (Lipinski definition) is 0. The van der Waals surface area contributed by atoms with Gasteiger partial charge in [-0.2, -0.15) is 0 Å². The van der Waals surface area contributed by atoms with Crippen molar-refractivity contribution in [2.24, 2.45) is 0 Å². The van der Waals surface area contributed by atoms with Crippen molar-refractivity contribution in [3.05, 3.63) is 0 Å². The molecule has 15 heavy (non-hydrogen) atoms. The summed E-state index contributed by atoms with van der Waals surface area (Å²) in [5.41, 5.74) is 0. The lowest BCUT2D eigenvalue weighted by Gasteiger charge is -2.18. The van der Waals surface area contributed by atoms with E-state index in [1.54, 1.807) is 6.92 Å². The molecule has 0 aromatic carbocycles. The van der Waals surface area contributed by atoms with Gasteiger partial charge in [0.05, 0.1) is 0 Å². The first-order chi connectivity index (χ1) is 6.89. The first-order valence-electron chi connectivity index (χ1n) is 5.96. The molecule has 0 fully saturated rings. The first-order valence-corrected chi connectivity index (χ1v) is 10.6. The second kappa shape index (κ2) is 6.73. The number of unbranched alkanes of at least 4 members (excludes halogenated alkanes) is 1. The molecule has 0 aromatic heterocycles. The summed E-state index contributed by atoms with van der Waals surface area (Å²) in [7, 11) is -6.43. The third kappa shape index (κ3) is 6.40. The molecule has 0 aliphatic rings. The molecular formula is C10H23F3Si2. The van der Waals surface area contributed by atoms with Crippen LogP contribution in [0.5, 0.6) is 0 Å². The minimum absolute atomic E-state index is 0.0345. The highest BCUT2D eigenvalue weighted by atomic mass is 28.4. The fourth-order valence-electron chi connectivity index (χ4n) is 1.61. The van der Waals surface area contributed by atoms with Crippen LogP contribution in [0.1, 0.15) is 33.6 Å². The lowest BCUT2D eigenvalue weighted by Crippen LogP contribution is -2.26. The Morgan fingerprint density at radius 3 is 1.60 bits per heavy atom. The quantitative estimate of drug-likeness (QED) is 0.321. The van der Waals surface area contributed by atoms with Crippen LogP contribution in [0.15, 0.2) is 0 Å². The Morgan fingerprint density at radius 2 is 1.20 bits per heavy atom. The van der Waals surface area contributed by atoms with E-state index in [0.717, 1.165) is 0 Å². The molecule has 92 valence electrons. The number of hydrogen-bond donors (Lipinski definition) is 0. The van der Waals surface area contributed by atoms with Crippen LogP contribution in [-0.4, -0.2) is 17.1 Å². The van der Waals surface area contributed by atoms with Crippen molar-refractivity contribution in [2.75, 3.05) is 0 Å². The van der Waals surface area contributed by atoms with Crippen molar-refractivity contribution >= 4 is 17.1 Å². The van der Waals surface area contributed by atoms with Gasteiger partial charge >= 0.3 is 8.74 Å². The second-order valence-corrected chi connectivity index (χ2v) is 11.4. The molecular weight excluding hydrogens is 233 g/mol. The maximum absolute atomic E-state index is 13.9. The molecule has 0 aliphatic heterocycles. The molecule has 5 heteroatoms. The van der Waals surface area contributed by atoms with E-state index in [4.69, 9.17) is 0 Å². The van der Waals surface area contributed by atoms with Gasteiger partial charge in [-0.3, -0.25) is 8.22 Å². The van der Waals surface area contributed by atoms with E-state index in [-0.39, 0.29) is 12.1 Å². The Labute approximate surface area is 93.8 Å². The Balaban J connectivity index is 3.71. The normalized spacial score (nSPS) is 13.2. The van der Waals surface area contributed by atoms with E-state index in [2.05, 4.69) is 0 Å². The molecule has 0 atom stereocenters. The zero-order valence-corrected chi connectivity index (χ0v) is 12.1. The first kappa shape index (κ1) is 15.2.